The molecular formula is C15H15N3O2. The highest BCUT2D eigenvalue weighted by atomic mass is 16.5. The Hall–Kier alpha value is -2.43. The third-order valence-corrected chi connectivity index (χ3v) is 3.57. The SMILES string of the molecule is CC(=O)c1c(C)c(-c2c(C)noc2C)n2ncccc12. The summed E-state index contributed by atoms with van der Waals surface area (Å²) in [6.45, 7) is 7.27. The number of nitrogens with zero attached hydrogens (tertiary/aromatic N) is 3. The molecule has 5 heteroatoms. The molecule has 0 saturated carbocycles. The zero-order chi connectivity index (χ0) is 14.4. The van der Waals surface area contributed by atoms with Crippen LogP contribution in [0, 0.1) is 20.8 Å². The van der Waals surface area contributed by atoms with Gasteiger partial charge in [-0.05, 0) is 45.4 Å². The predicted octanol–water partition coefficient (Wildman–Crippen LogP) is 3.12. The lowest BCUT2D eigenvalue weighted by atomic mass is 10.0. The number of fused-ring (bicyclic) bond motifs is 1. The molecule has 20 heavy (non-hydrogen) atoms. The van der Waals surface area contributed by atoms with E-state index in [0.29, 0.717) is 5.56 Å². The van der Waals surface area contributed by atoms with Gasteiger partial charge < -0.3 is 4.52 Å². The molecule has 0 bridgehead atoms. The third-order valence-electron chi connectivity index (χ3n) is 3.57. The van der Waals surface area contributed by atoms with Crippen molar-refractivity contribution >= 4 is 11.3 Å². The van der Waals surface area contributed by atoms with Crippen molar-refractivity contribution in [3.05, 3.63) is 40.9 Å². The van der Waals surface area contributed by atoms with Crippen molar-refractivity contribution in [3.8, 4) is 11.3 Å². The first-order valence-electron chi connectivity index (χ1n) is 6.43. The van der Waals surface area contributed by atoms with Gasteiger partial charge in [-0.1, -0.05) is 5.16 Å². The summed E-state index contributed by atoms with van der Waals surface area (Å²) in [6, 6.07) is 3.73. The molecule has 0 aliphatic heterocycles. The van der Waals surface area contributed by atoms with Crippen molar-refractivity contribution in [3.63, 3.8) is 0 Å². The Bertz CT molecular complexity index is 808. The number of Topliss-reactive ketones (excluding diaryl/α,β-unsaturated/α-hetero) is 1. The molecule has 3 rings (SSSR count). The first kappa shape index (κ1) is 12.6. The van der Waals surface area contributed by atoms with Crippen LogP contribution in [0.15, 0.2) is 22.9 Å². The average molecular weight is 269 g/mol. The average Bonchev–Trinajstić information content (AvgIpc) is 2.87. The van der Waals surface area contributed by atoms with Crippen LogP contribution < -0.4 is 0 Å². The van der Waals surface area contributed by atoms with E-state index < -0.39 is 0 Å². The smallest absolute Gasteiger partial charge is 0.162 e. The maximum atomic E-state index is 12.0. The summed E-state index contributed by atoms with van der Waals surface area (Å²) in [4.78, 5) is 12.0. The first-order chi connectivity index (χ1) is 9.52. The molecule has 0 N–H and O–H groups in total. The van der Waals surface area contributed by atoms with Crippen LogP contribution in [0.25, 0.3) is 16.8 Å². The minimum absolute atomic E-state index is 0.0333. The van der Waals surface area contributed by atoms with Gasteiger partial charge in [-0.15, -0.1) is 0 Å². The lowest BCUT2D eigenvalue weighted by molar-refractivity contribution is 0.101. The minimum Gasteiger partial charge on any atom is -0.361 e. The van der Waals surface area contributed by atoms with Crippen molar-refractivity contribution in [1.82, 2.24) is 14.8 Å². The molecule has 3 aromatic rings. The molecule has 3 aromatic heterocycles. The summed E-state index contributed by atoms with van der Waals surface area (Å²) in [5.74, 6) is 0.761. The van der Waals surface area contributed by atoms with Crippen LogP contribution in [-0.4, -0.2) is 20.6 Å². The van der Waals surface area contributed by atoms with Crippen molar-refractivity contribution in [2.24, 2.45) is 0 Å². The van der Waals surface area contributed by atoms with Crippen LogP contribution >= 0.6 is 0 Å². The van der Waals surface area contributed by atoms with Crippen molar-refractivity contribution in [2.75, 3.05) is 0 Å². The van der Waals surface area contributed by atoms with E-state index >= 15 is 0 Å². The van der Waals surface area contributed by atoms with Gasteiger partial charge in [-0.3, -0.25) is 4.79 Å². The highest BCUT2D eigenvalue weighted by Gasteiger charge is 2.24. The summed E-state index contributed by atoms with van der Waals surface area (Å²) < 4.78 is 7.04. The fourth-order valence-corrected chi connectivity index (χ4v) is 2.77. The monoisotopic (exact) mass is 269 g/mol. The molecule has 102 valence electrons. The van der Waals surface area contributed by atoms with E-state index in [0.717, 1.165) is 33.8 Å². The number of aryl methyl sites for hydroxylation is 2. The number of aromatic nitrogens is 3. The first-order valence-corrected chi connectivity index (χ1v) is 6.43. The van der Waals surface area contributed by atoms with E-state index in [-0.39, 0.29) is 5.78 Å². The number of hydrogen-bond acceptors (Lipinski definition) is 4. The molecule has 3 heterocycles. The lowest BCUT2D eigenvalue weighted by Crippen LogP contribution is -1.95. The molecule has 0 spiro atoms. The maximum Gasteiger partial charge on any atom is 0.162 e. The van der Waals surface area contributed by atoms with Gasteiger partial charge >= 0.3 is 0 Å². The third kappa shape index (κ3) is 1.59. The molecule has 0 radical (unpaired) electrons. The maximum absolute atomic E-state index is 12.0. The molecule has 0 atom stereocenters. The van der Waals surface area contributed by atoms with Crippen molar-refractivity contribution in [1.29, 1.82) is 0 Å². The summed E-state index contributed by atoms with van der Waals surface area (Å²) in [5.41, 5.74) is 5.00. The van der Waals surface area contributed by atoms with E-state index in [2.05, 4.69) is 10.3 Å². The Morgan fingerprint density at radius 3 is 2.65 bits per heavy atom. The number of carbonyl (C=O) groups excluding carboxylic acids is 1. The molecule has 0 saturated heterocycles. The van der Waals surface area contributed by atoms with E-state index in [4.69, 9.17) is 4.52 Å². The summed E-state index contributed by atoms with van der Waals surface area (Å²) in [7, 11) is 0. The van der Waals surface area contributed by atoms with Crippen molar-refractivity contribution in [2.45, 2.75) is 27.7 Å². The van der Waals surface area contributed by atoms with Crippen LogP contribution in [0.1, 0.15) is 34.3 Å². The Morgan fingerprint density at radius 2 is 2.05 bits per heavy atom. The van der Waals surface area contributed by atoms with E-state index in [9.17, 15) is 4.79 Å². The van der Waals surface area contributed by atoms with Gasteiger partial charge in [0, 0.05) is 11.8 Å². The fraction of sp³-hybridized carbons (Fsp3) is 0.267. The number of hydrogen-bond donors (Lipinski definition) is 0. The van der Waals surface area contributed by atoms with Gasteiger partial charge in [0.05, 0.1) is 22.5 Å². The second kappa shape index (κ2) is 4.30. The Labute approximate surface area is 116 Å². The lowest BCUT2D eigenvalue weighted by Gasteiger charge is -2.02. The highest BCUT2D eigenvalue weighted by molar-refractivity contribution is 6.04. The second-order valence-corrected chi connectivity index (χ2v) is 4.92. The molecular weight excluding hydrogens is 254 g/mol. The van der Waals surface area contributed by atoms with E-state index in [1.165, 1.54) is 0 Å². The molecule has 0 aliphatic carbocycles. The number of ketones is 1. The summed E-state index contributed by atoms with van der Waals surface area (Å²) in [5, 5.41) is 8.37. The van der Waals surface area contributed by atoms with E-state index in [1.807, 2.05) is 32.9 Å². The minimum atomic E-state index is 0.0333. The number of rotatable bonds is 2. The van der Waals surface area contributed by atoms with Gasteiger partial charge in [0.25, 0.3) is 0 Å². The molecule has 0 fully saturated rings. The molecule has 0 unspecified atom stereocenters. The molecule has 0 aliphatic rings. The summed E-state index contributed by atoms with van der Waals surface area (Å²) >= 11 is 0. The second-order valence-electron chi connectivity index (χ2n) is 4.92. The zero-order valence-corrected chi connectivity index (χ0v) is 11.9. The van der Waals surface area contributed by atoms with Crippen LogP contribution in [0.2, 0.25) is 0 Å². The van der Waals surface area contributed by atoms with Crippen LogP contribution in [-0.2, 0) is 0 Å². The fourth-order valence-electron chi connectivity index (χ4n) is 2.77. The standard InChI is InChI=1S/C15H15N3O2/c1-8-13(10(3)19)12-6-5-7-16-18(12)15(8)14-9(2)17-20-11(14)4/h5-7H,1-4H3. The summed E-state index contributed by atoms with van der Waals surface area (Å²) in [6.07, 6.45) is 1.71. The normalized spacial score (nSPS) is 11.2. The van der Waals surface area contributed by atoms with Crippen LogP contribution in [0.3, 0.4) is 0 Å². The molecule has 0 aromatic carbocycles. The predicted molar refractivity (Wildman–Crippen MR) is 74.9 cm³/mol. The Kier molecular flexibility index (Phi) is 2.71. The Balaban J connectivity index is 2.49. The highest BCUT2D eigenvalue weighted by Crippen LogP contribution is 2.34. The van der Waals surface area contributed by atoms with Crippen LogP contribution in [0.4, 0.5) is 0 Å². The quantitative estimate of drug-likeness (QED) is 0.671. The zero-order valence-electron chi connectivity index (χ0n) is 11.9. The van der Waals surface area contributed by atoms with E-state index in [1.54, 1.807) is 17.6 Å². The van der Waals surface area contributed by atoms with Crippen LogP contribution in [0.5, 0.6) is 0 Å². The topological polar surface area (TPSA) is 60.4 Å². The van der Waals surface area contributed by atoms with Gasteiger partial charge in [-0.2, -0.15) is 5.10 Å². The largest absolute Gasteiger partial charge is 0.361 e. The van der Waals surface area contributed by atoms with Gasteiger partial charge in [0.15, 0.2) is 5.78 Å². The molecule has 5 nitrogen and oxygen atoms in total. The van der Waals surface area contributed by atoms with Gasteiger partial charge in [0.1, 0.15) is 5.76 Å². The number of carbonyl (C=O) groups is 1. The Morgan fingerprint density at radius 1 is 1.30 bits per heavy atom. The van der Waals surface area contributed by atoms with Gasteiger partial charge in [-0.25, -0.2) is 4.52 Å². The van der Waals surface area contributed by atoms with Crippen molar-refractivity contribution < 1.29 is 9.32 Å². The molecule has 0 amide bonds. The van der Waals surface area contributed by atoms with Gasteiger partial charge in [0.2, 0.25) is 0 Å².